The number of methoxy groups -OCH3 is 1. The van der Waals surface area contributed by atoms with Gasteiger partial charge in [0.15, 0.2) is 5.03 Å². The molecule has 2 aromatic heterocycles. The van der Waals surface area contributed by atoms with Crippen molar-refractivity contribution < 1.29 is 17.9 Å². The summed E-state index contributed by atoms with van der Waals surface area (Å²) in [7, 11) is -2.58. The molecule has 0 bridgehead atoms. The lowest BCUT2D eigenvalue weighted by Crippen LogP contribution is -2.40. The quantitative estimate of drug-likeness (QED) is 0.471. The number of aromatic nitrogens is 2. The summed E-state index contributed by atoms with van der Waals surface area (Å²) in [5.41, 5.74) is 6.26. The molecule has 1 unspecified atom stereocenters. The van der Waals surface area contributed by atoms with E-state index in [0.717, 1.165) is 17.7 Å². The van der Waals surface area contributed by atoms with Crippen LogP contribution in [0.3, 0.4) is 0 Å². The van der Waals surface area contributed by atoms with Gasteiger partial charge in [0.25, 0.3) is 5.91 Å². The zero-order valence-electron chi connectivity index (χ0n) is 20.9. The topological polar surface area (TPSA) is 128 Å². The molecule has 3 aromatic rings. The first-order valence-electron chi connectivity index (χ1n) is 11.7. The average molecular weight is 510 g/mol. The summed E-state index contributed by atoms with van der Waals surface area (Å²) in [5, 5.41) is 2.95. The van der Waals surface area contributed by atoms with Gasteiger partial charge in [-0.15, -0.1) is 0 Å². The number of carbonyl (C=O) groups is 1. The maximum Gasteiger partial charge on any atom is 0.253 e. The summed E-state index contributed by atoms with van der Waals surface area (Å²) >= 11 is 0. The second kappa shape index (κ2) is 9.77. The van der Waals surface area contributed by atoms with E-state index in [1.807, 2.05) is 43.0 Å². The second-order valence-electron chi connectivity index (χ2n) is 9.67. The number of primary amides is 1. The van der Waals surface area contributed by atoms with Gasteiger partial charge in [-0.3, -0.25) is 4.79 Å². The van der Waals surface area contributed by atoms with Crippen molar-refractivity contribution in [2.45, 2.75) is 49.2 Å². The Morgan fingerprint density at radius 2 is 1.97 bits per heavy atom. The van der Waals surface area contributed by atoms with Crippen molar-refractivity contribution >= 4 is 27.4 Å². The van der Waals surface area contributed by atoms with Crippen molar-refractivity contribution in [3.63, 3.8) is 0 Å². The van der Waals surface area contributed by atoms with Crippen molar-refractivity contribution in [2.24, 2.45) is 11.7 Å². The number of sulfone groups is 1. The Morgan fingerprint density at radius 1 is 1.22 bits per heavy atom. The maximum atomic E-state index is 13.7. The number of pyridine rings is 2. The van der Waals surface area contributed by atoms with E-state index < -0.39 is 15.7 Å². The first-order chi connectivity index (χ1) is 17.0. The molecule has 0 spiro atoms. The predicted molar refractivity (Wildman–Crippen MR) is 138 cm³/mol. The molecule has 4 rings (SSSR count). The molecule has 9 nitrogen and oxygen atoms in total. The van der Waals surface area contributed by atoms with Gasteiger partial charge >= 0.3 is 0 Å². The molecule has 190 valence electrons. The van der Waals surface area contributed by atoms with Gasteiger partial charge in [0.1, 0.15) is 22.9 Å². The highest BCUT2D eigenvalue weighted by molar-refractivity contribution is 7.91. The molecule has 1 amide bonds. The fraction of sp³-hybridized carbons (Fsp3) is 0.346. The number of nitrogens with zero attached hydrogens (tertiary/aromatic N) is 3. The first-order valence-corrected chi connectivity index (χ1v) is 13.2. The van der Waals surface area contributed by atoms with Gasteiger partial charge in [-0.25, -0.2) is 18.4 Å². The lowest BCUT2D eigenvalue weighted by atomic mass is 9.97. The molecular formula is C26H31N5O4S. The van der Waals surface area contributed by atoms with Crippen LogP contribution in [-0.4, -0.2) is 43.5 Å². The van der Waals surface area contributed by atoms with Crippen LogP contribution in [0, 0.1) is 5.92 Å². The summed E-state index contributed by atoms with van der Waals surface area (Å²) in [5.74, 6) is 0.895. The SMILES string of the molecule is COc1cccc(CNc2cccc(S(=O)(=O)c3ccnc(N4CC(C)CC4(C)C)c3C(N)=O)n2)c1. The van der Waals surface area contributed by atoms with E-state index in [1.54, 1.807) is 19.2 Å². The van der Waals surface area contributed by atoms with Gasteiger partial charge in [0.2, 0.25) is 9.84 Å². The summed E-state index contributed by atoms with van der Waals surface area (Å²) < 4.78 is 32.6. The third-order valence-electron chi connectivity index (χ3n) is 6.36. The van der Waals surface area contributed by atoms with Crippen LogP contribution < -0.4 is 20.7 Å². The van der Waals surface area contributed by atoms with Gasteiger partial charge in [-0.2, -0.15) is 0 Å². The molecule has 1 saturated heterocycles. The zero-order valence-corrected chi connectivity index (χ0v) is 21.7. The number of amides is 1. The van der Waals surface area contributed by atoms with Crippen molar-refractivity contribution in [1.29, 1.82) is 0 Å². The van der Waals surface area contributed by atoms with Crippen LogP contribution in [0.25, 0.3) is 0 Å². The summed E-state index contributed by atoms with van der Waals surface area (Å²) in [6.07, 6.45) is 2.28. The van der Waals surface area contributed by atoms with Crippen LogP contribution in [0.1, 0.15) is 43.1 Å². The van der Waals surface area contributed by atoms with Crippen molar-refractivity contribution in [3.8, 4) is 5.75 Å². The van der Waals surface area contributed by atoms with Crippen molar-refractivity contribution in [3.05, 3.63) is 65.9 Å². The molecule has 36 heavy (non-hydrogen) atoms. The monoisotopic (exact) mass is 509 g/mol. The Balaban J connectivity index is 1.69. The van der Waals surface area contributed by atoms with E-state index in [9.17, 15) is 13.2 Å². The molecule has 10 heteroatoms. The number of rotatable bonds is 8. The van der Waals surface area contributed by atoms with Crippen LogP contribution in [-0.2, 0) is 16.4 Å². The van der Waals surface area contributed by atoms with E-state index in [2.05, 4.69) is 22.2 Å². The standard InChI is InChI=1S/C26H31N5O4S/c1-17-14-26(2,3)31(16-17)25-23(24(27)32)20(11-12-28-25)36(33,34)22-10-6-9-21(30-22)29-15-18-7-5-8-19(13-18)35-4/h5-13,17H,14-16H2,1-4H3,(H2,27,32)(H,29,30). The van der Waals surface area contributed by atoms with Gasteiger partial charge in [0.05, 0.1) is 12.0 Å². The Labute approximate surface area is 211 Å². The lowest BCUT2D eigenvalue weighted by molar-refractivity contribution is 0.0997. The number of carbonyl (C=O) groups excluding carboxylic acids is 1. The minimum atomic E-state index is -4.17. The third kappa shape index (κ3) is 4.99. The number of benzene rings is 1. The summed E-state index contributed by atoms with van der Waals surface area (Å²) in [6.45, 7) is 7.26. The van der Waals surface area contributed by atoms with Crippen LogP contribution in [0.4, 0.5) is 11.6 Å². The number of hydrogen-bond acceptors (Lipinski definition) is 8. The fourth-order valence-electron chi connectivity index (χ4n) is 4.80. The molecule has 1 aromatic carbocycles. The zero-order chi connectivity index (χ0) is 26.1. The maximum absolute atomic E-state index is 13.7. The average Bonchev–Trinajstić information content (AvgIpc) is 3.13. The van der Waals surface area contributed by atoms with Crippen LogP contribution in [0.15, 0.2) is 64.6 Å². The molecule has 3 N–H and O–H groups in total. The van der Waals surface area contributed by atoms with Crippen LogP contribution in [0.2, 0.25) is 0 Å². The molecule has 1 atom stereocenters. The number of hydrogen-bond donors (Lipinski definition) is 2. The van der Waals surface area contributed by atoms with Crippen LogP contribution >= 0.6 is 0 Å². The lowest BCUT2D eigenvalue weighted by Gasteiger charge is -2.33. The largest absolute Gasteiger partial charge is 0.497 e. The van der Waals surface area contributed by atoms with E-state index in [1.165, 1.54) is 18.3 Å². The number of nitrogens with one attached hydrogen (secondary N) is 1. The smallest absolute Gasteiger partial charge is 0.253 e. The highest BCUT2D eigenvalue weighted by Gasteiger charge is 2.40. The van der Waals surface area contributed by atoms with Gasteiger partial charge in [-0.1, -0.05) is 25.1 Å². The molecule has 1 aliphatic heterocycles. The van der Waals surface area contributed by atoms with Gasteiger partial charge in [-0.05, 0) is 62.1 Å². The minimum Gasteiger partial charge on any atom is -0.497 e. The van der Waals surface area contributed by atoms with Crippen molar-refractivity contribution in [2.75, 3.05) is 23.9 Å². The number of ether oxygens (including phenoxy) is 1. The highest BCUT2D eigenvalue weighted by atomic mass is 32.2. The molecule has 3 heterocycles. The Bertz CT molecular complexity index is 1390. The molecule has 1 aliphatic rings. The predicted octanol–water partition coefficient (Wildman–Crippen LogP) is 3.65. The fourth-order valence-corrected chi connectivity index (χ4v) is 6.21. The van der Waals surface area contributed by atoms with E-state index in [0.29, 0.717) is 24.8 Å². The normalized spacial score (nSPS) is 17.1. The van der Waals surface area contributed by atoms with E-state index >= 15 is 0 Å². The molecule has 0 aliphatic carbocycles. The number of anilines is 2. The molecule has 0 saturated carbocycles. The van der Waals surface area contributed by atoms with Crippen LogP contribution in [0.5, 0.6) is 5.75 Å². The Hall–Kier alpha value is -3.66. The van der Waals surface area contributed by atoms with Gasteiger partial charge in [0, 0.05) is 24.8 Å². The molecular weight excluding hydrogens is 478 g/mol. The minimum absolute atomic E-state index is 0.115. The summed E-state index contributed by atoms with van der Waals surface area (Å²) in [6, 6.07) is 13.5. The Kier molecular flexibility index (Phi) is 6.90. The first kappa shape index (κ1) is 25.4. The van der Waals surface area contributed by atoms with Gasteiger partial charge < -0.3 is 20.7 Å². The second-order valence-corrected chi connectivity index (χ2v) is 11.5. The van der Waals surface area contributed by atoms with E-state index in [-0.39, 0.29) is 26.8 Å². The van der Waals surface area contributed by atoms with Crippen molar-refractivity contribution in [1.82, 2.24) is 9.97 Å². The third-order valence-corrected chi connectivity index (χ3v) is 8.06. The molecule has 0 radical (unpaired) electrons. The highest BCUT2D eigenvalue weighted by Crippen LogP contribution is 2.39. The van der Waals surface area contributed by atoms with E-state index in [4.69, 9.17) is 10.5 Å². The molecule has 1 fully saturated rings. The summed E-state index contributed by atoms with van der Waals surface area (Å²) in [4.78, 5) is 23.1. The number of nitrogens with two attached hydrogens (primary N) is 1. The Morgan fingerprint density at radius 3 is 2.64 bits per heavy atom.